The van der Waals surface area contributed by atoms with Gasteiger partial charge < -0.3 is 9.64 Å². The van der Waals surface area contributed by atoms with E-state index in [1.165, 1.54) is 6.07 Å². The lowest BCUT2D eigenvalue weighted by atomic mass is 10.1. The summed E-state index contributed by atoms with van der Waals surface area (Å²) in [5.74, 6) is 0.774. The average Bonchev–Trinajstić information content (AvgIpc) is 2.45. The molecule has 0 aromatic heterocycles. The van der Waals surface area contributed by atoms with Gasteiger partial charge in [-0.2, -0.15) is 0 Å². The number of likely N-dealkylation sites (N-methyl/N-ethyl adjacent to an activating group) is 1. The molecule has 0 bridgehead atoms. The van der Waals surface area contributed by atoms with E-state index in [0.717, 1.165) is 17.9 Å². The molecule has 106 valence electrons. The molecule has 1 heterocycles. The Hall–Kier alpha value is -1.68. The third kappa shape index (κ3) is 2.90. The van der Waals surface area contributed by atoms with Gasteiger partial charge in [0, 0.05) is 12.2 Å². The molecule has 0 atom stereocenters. The van der Waals surface area contributed by atoms with Gasteiger partial charge in [-0.15, -0.1) is 11.8 Å². The number of hydrogen-bond donors (Lipinski definition) is 0. The van der Waals surface area contributed by atoms with Crippen molar-refractivity contribution < 1.29 is 9.13 Å². The Kier molecular flexibility index (Phi) is 4.90. The summed E-state index contributed by atoms with van der Waals surface area (Å²) in [5.41, 5.74) is 2.13. The SMILES string of the molecule is C=C1C=CC=C(c2c(F)cccc2OCSC)N1CC. The molecule has 0 aliphatic carbocycles. The van der Waals surface area contributed by atoms with E-state index in [0.29, 0.717) is 17.3 Å². The molecule has 2 nitrogen and oxygen atoms in total. The van der Waals surface area contributed by atoms with Crippen molar-refractivity contribution in [3.8, 4) is 5.75 Å². The van der Waals surface area contributed by atoms with Crippen LogP contribution in [-0.4, -0.2) is 23.6 Å². The van der Waals surface area contributed by atoms with Crippen molar-refractivity contribution in [2.24, 2.45) is 0 Å². The van der Waals surface area contributed by atoms with Crippen LogP contribution in [0.15, 0.2) is 48.7 Å². The van der Waals surface area contributed by atoms with Crippen molar-refractivity contribution in [2.75, 3.05) is 18.7 Å². The molecule has 0 spiro atoms. The Balaban J connectivity index is 2.47. The number of ether oxygens (including phenoxy) is 1. The van der Waals surface area contributed by atoms with E-state index in [-0.39, 0.29) is 5.82 Å². The second kappa shape index (κ2) is 6.66. The number of allylic oxidation sites excluding steroid dienone is 3. The quantitative estimate of drug-likeness (QED) is 0.752. The van der Waals surface area contributed by atoms with Crippen LogP contribution in [0, 0.1) is 5.82 Å². The molecule has 0 amide bonds. The summed E-state index contributed by atoms with van der Waals surface area (Å²) in [4.78, 5) is 1.98. The van der Waals surface area contributed by atoms with Gasteiger partial charge in [0.2, 0.25) is 0 Å². The van der Waals surface area contributed by atoms with Gasteiger partial charge in [0.05, 0.1) is 11.3 Å². The van der Waals surface area contributed by atoms with Crippen LogP contribution in [0.3, 0.4) is 0 Å². The molecule has 1 aromatic rings. The van der Waals surface area contributed by atoms with Crippen LogP contribution in [0.5, 0.6) is 5.75 Å². The number of halogens is 1. The van der Waals surface area contributed by atoms with E-state index >= 15 is 0 Å². The summed E-state index contributed by atoms with van der Waals surface area (Å²) >= 11 is 1.56. The normalized spacial score (nSPS) is 14.4. The van der Waals surface area contributed by atoms with E-state index in [9.17, 15) is 4.39 Å². The number of nitrogens with zero attached hydrogens (tertiary/aromatic N) is 1. The molecule has 0 saturated heterocycles. The zero-order chi connectivity index (χ0) is 14.5. The van der Waals surface area contributed by atoms with Gasteiger partial charge >= 0.3 is 0 Å². The molecule has 0 radical (unpaired) electrons. The lowest BCUT2D eigenvalue weighted by molar-refractivity contribution is 0.386. The van der Waals surface area contributed by atoms with Crippen molar-refractivity contribution in [3.63, 3.8) is 0 Å². The Morgan fingerprint density at radius 2 is 2.20 bits per heavy atom. The van der Waals surface area contributed by atoms with Crippen molar-refractivity contribution in [3.05, 3.63) is 60.1 Å². The highest BCUT2D eigenvalue weighted by molar-refractivity contribution is 7.98. The van der Waals surface area contributed by atoms with Gasteiger partial charge in [0.1, 0.15) is 17.5 Å². The van der Waals surface area contributed by atoms with Gasteiger partial charge in [-0.1, -0.05) is 18.7 Å². The van der Waals surface area contributed by atoms with E-state index in [1.54, 1.807) is 23.9 Å². The largest absolute Gasteiger partial charge is 0.482 e. The van der Waals surface area contributed by atoms with Gasteiger partial charge in [0.25, 0.3) is 0 Å². The van der Waals surface area contributed by atoms with E-state index < -0.39 is 0 Å². The van der Waals surface area contributed by atoms with Gasteiger partial charge in [-0.3, -0.25) is 0 Å². The van der Waals surface area contributed by atoms with E-state index in [2.05, 4.69) is 6.58 Å². The maximum absolute atomic E-state index is 14.3. The predicted octanol–water partition coefficient (Wildman–Crippen LogP) is 4.27. The smallest absolute Gasteiger partial charge is 0.136 e. The minimum Gasteiger partial charge on any atom is -0.482 e. The third-order valence-corrected chi connectivity index (χ3v) is 3.41. The first-order valence-electron chi connectivity index (χ1n) is 6.44. The molecule has 1 aliphatic heterocycles. The predicted molar refractivity (Wildman–Crippen MR) is 84.0 cm³/mol. The first-order chi connectivity index (χ1) is 9.69. The van der Waals surface area contributed by atoms with Crippen LogP contribution in [0.4, 0.5) is 4.39 Å². The molecular weight excluding hydrogens is 273 g/mol. The molecule has 1 aromatic carbocycles. The van der Waals surface area contributed by atoms with Crippen molar-refractivity contribution in [1.82, 2.24) is 4.90 Å². The Morgan fingerprint density at radius 1 is 1.40 bits per heavy atom. The fourth-order valence-corrected chi connectivity index (χ4v) is 2.42. The second-order valence-electron chi connectivity index (χ2n) is 4.31. The number of benzene rings is 1. The molecule has 0 saturated carbocycles. The summed E-state index contributed by atoms with van der Waals surface area (Å²) in [6.07, 6.45) is 7.63. The fourth-order valence-electron chi connectivity index (χ4n) is 2.17. The molecular formula is C16H18FNOS. The van der Waals surface area contributed by atoms with Crippen molar-refractivity contribution >= 4 is 17.5 Å². The summed E-state index contributed by atoms with van der Waals surface area (Å²) in [6, 6.07) is 4.92. The average molecular weight is 291 g/mol. The van der Waals surface area contributed by atoms with Crippen LogP contribution in [0.1, 0.15) is 12.5 Å². The number of thioether (sulfide) groups is 1. The lowest BCUT2D eigenvalue weighted by Crippen LogP contribution is -2.22. The van der Waals surface area contributed by atoms with Gasteiger partial charge in [-0.05, 0) is 37.5 Å². The highest BCUT2D eigenvalue weighted by atomic mass is 32.2. The summed E-state index contributed by atoms with van der Waals surface area (Å²) in [5, 5.41) is 0. The number of rotatable bonds is 5. The molecule has 0 N–H and O–H groups in total. The molecule has 4 heteroatoms. The van der Waals surface area contributed by atoms with Crippen molar-refractivity contribution in [1.29, 1.82) is 0 Å². The van der Waals surface area contributed by atoms with Crippen LogP contribution in [-0.2, 0) is 0 Å². The van der Waals surface area contributed by atoms with Crippen LogP contribution in [0.25, 0.3) is 5.70 Å². The minimum absolute atomic E-state index is 0.281. The zero-order valence-corrected chi connectivity index (χ0v) is 12.5. The molecule has 2 rings (SSSR count). The highest BCUT2D eigenvalue weighted by Crippen LogP contribution is 2.35. The monoisotopic (exact) mass is 291 g/mol. The molecule has 0 unspecified atom stereocenters. The third-order valence-electron chi connectivity index (χ3n) is 3.06. The van der Waals surface area contributed by atoms with E-state index in [1.807, 2.05) is 36.3 Å². The second-order valence-corrected chi connectivity index (χ2v) is 5.12. The lowest BCUT2D eigenvalue weighted by Gasteiger charge is -2.30. The highest BCUT2D eigenvalue weighted by Gasteiger charge is 2.21. The standard InChI is InChI=1S/C16H18FNOS/c1-4-18-12(2)7-5-9-14(18)16-13(17)8-6-10-15(16)19-11-20-3/h5-10H,2,4,11H2,1,3H3. The summed E-state index contributed by atoms with van der Waals surface area (Å²) in [6.45, 7) is 6.74. The summed E-state index contributed by atoms with van der Waals surface area (Å²) < 4.78 is 19.9. The topological polar surface area (TPSA) is 12.5 Å². The Morgan fingerprint density at radius 3 is 2.90 bits per heavy atom. The van der Waals surface area contributed by atoms with Crippen LogP contribution >= 0.6 is 11.8 Å². The maximum Gasteiger partial charge on any atom is 0.136 e. The summed E-state index contributed by atoms with van der Waals surface area (Å²) in [7, 11) is 0. The van der Waals surface area contributed by atoms with E-state index in [4.69, 9.17) is 4.74 Å². The Bertz CT molecular complexity index is 566. The van der Waals surface area contributed by atoms with Crippen LogP contribution < -0.4 is 4.74 Å². The van der Waals surface area contributed by atoms with Gasteiger partial charge in [-0.25, -0.2) is 4.39 Å². The van der Waals surface area contributed by atoms with Gasteiger partial charge in [0.15, 0.2) is 0 Å². The first kappa shape index (κ1) is 14.7. The van der Waals surface area contributed by atoms with Crippen LogP contribution in [0.2, 0.25) is 0 Å². The number of hydrogen-bond acceptors (Lipinski definition) is 3. The fraction of sp³-hybridized carbons (Fsp3) is 0.250. The minimum atomic E-state index is -0.281. The molecule has 0 fully saturated rings. The zero-order valence-electron chi connectivity index (χ0n) is 11.7. The molecule has 1 aliphatic rings. The molecule has 20 heavy (non-hydrogen) atoms. The maximum atomic E-state index is 14.3. The first-order valence-corrected chi connectivity index (χ1v) is 7.83. The van der Waals surface area contributed by atoms with Crippen molar-refractivity contribution in [2.45, 2.75) is 6.92 Å². The Labute approximate surface area is 123 Å².